The summed E-state index contributed by atoms with van der Waals surface area (Å²) in [4.78, 5) is 25.6. The van der Waals surface area contributed by atoms with Crippen molar-refractivity contribution in [1.82, 2.24) is 9.78 Å². The molecule has 1 aliphatic rings. The van der Waals surface area contributed by atoms with Crippen LogP contribution in [0.1, 0.15) is 25.5 Å². The molecule has 0 radical (unpaired) electrons. The third kappa shape index (κ3) is 3.54. The van der Waals surface area contributed by atoms with Crippen LogP contribution in [0.25, 0.3) is 0 Å². The topological polar surface area (TPSA) is 93.3 Å². The second-order valence-electron chi connectivity index (χ2n) is 6.47. The number of anilines is 2. The summed E-state index contributed by atoms with van der Waals surface area (Å²) in [6.07, 6.45) is 1.82. The van der Waals surface area contributed by atoms with Crippen molar-refractivity contribution in [3.05, 3.63) is 46.1 Å². The fraction of sp³-hybridized carbons (Fsp3) is 0.444. The molecule has 1 aromatic heterocycles. The Labute approximate surface area is 151 Å². The molecular weight excluding hydrogens is 334 g/mol. The van der Waals surface area contributed by atoms with E-state index in [0.29, 0.717) is 43.9 Å². The van der Waals surface area contributed by atoms with E-state index in [1.807, 2.05) is 42.2 Å². The molecule has 1 saturated heterocycles. The van der Waals surface area contributed by atoms with Gasteiger partial charge in [-0.1, -0.05) is 25.1 Å². The van der Waals surface area contributed by atoms with Crippen LogP contribution < -0.4 is 10.2 Å². The van der Waals surface area contributed by atoms with E-state index in [2.05, 4.69) is 10.4 Å². The molecule has 8 heteroatoms. The maximum Gasteiger partial charge on any atom is 0.334 e. The number of nitrogens with zero attached hydrogens (tertiary/aromatic N) is 4. The predicted octanol–water partition coefficient (Wildman–Crippen LogP) is 2.75. The van der Waals surface area contributed by atoms with Gasteiger partial charge in [-0.2, -0.15) is 5.10 Å². The van der Waals surface area contributed by atoms with Crippen LogP contribution in [0.15, 0.2) is 30.3 Å². The lowest BCUT2D eigenvalue weighted by atomic mass is 9.95. The molecule has 0 bridgehead atoms. The maximum atomic E-state index is 12.4. The number of nitro groups is 1. The molecule has 0 spiro atoms. The number of aromatic nitrogens is 2. The van der Waals surface area contributed by atoms with Crippen LogP contribution in [-0.2, 0) is 18.3 Å². The average Bonchev–Trinajstić information content (AvgIpc) is 2.99. The Morgan fingerprint density at radius 1 is 1.31 bits per heavy atom. The molecule has 1 N–H and O–H groups in total. The van der Waals surface area contributed by atoms with Crippen molar-refractivity contribution in [2.75, 3.05) is 23.3 Å². The van der Waals surface area contributed by atoms with Gasteiger partial charge in [-0.05, 0) is 31.4 Å². The van der Waals surface area contributed by atoms with Crippen LogP contribution in [0.4, 0.5) is 17.2 Å². The van der Waals surface area contributed by atoms with E-state index < -0.39 is 0 Å². The largest absolute Gasteiger partial charge is 0.351 e. The molecule has 0 aliphatic carbocycles. The minimum absolute atomic E-state index is 0.00426. The van der Waals surface area contributed by atoms with Crippen molar-refractivity contribution in [3.8, 4) is 0 Å². The Morgan fingerprint density at radius 2 is 1.96 bits per heavy atom. The first-order chi connectivity index (χ1) is 12.5. The third-order valence-corrected chi connectivity index (χ3v) is 4.79. The summed E-state index contributed by atoms with van der Waals surface area (Å²) in [5.41, 5.74) is 1.37. The first-order valence-electron chi connectivity index (χ1n) is 8.82. The van der Waals surface area contributed by atoms with Gasteiger partial charge in [0.25, 0.3) is 0 Å². The van der Waals surface area contributed by atoms with Crippen LogP contribution in [0.2, 0.25) is 0 Å². The average molecular weight is 357 g/mol. The van der Waals surface area contributed by atoms with Gasteiger partial charge in [-0.25, -0.2) is 4.68 Å². The van der Waals surface area contributed by atoms with E-state index in [9.17, 15) is 14.9 Å². The number of aryl methyl sites for hydroxylation is 2. The molecule has 0 saturated carbocycles. The second kappa shape index (κ2) is 7.55. The Hall–Kier alpha value is -2.90. The molecule has 0 atom stereocenters. The van der Waals surface area contributed by atoms with Gasteiger partial charge in [0.05, 0.1) is 4.92 Å². The lowest BCUT2D eigenvalue weighted by molar-refractivity contribution is -0.384. The minimum atomic E-state index is -0.352. The first-order valence-corrected chi connectivity index (χ1v) is 8.82. The minimum Gasteiger partial charge on any atom is -0.351 e. The summed E-state index contributed by atoms with van der Waals surface area (Å²) in [5, 5.41) is 18.7. The van der Waals surface area contributed by atoms with Crippen molar-refractivity contribution in [2.24, 2.45) is 13.0 Å². The highest BCUT2D eigenvalue weighted by atomic mass is 16.6. The van der Waals surface area contributed by atoms with E-state index in [1.165, 1.54) is 0 Å². The van der Waals surface area contributed by atoms with Crippen molar-refractivity contribution in [1.29, 1.82) is 0 Å². The molecule has 138 valence electrons. The van der Waals surface area contributed by atoms with E-state index in [1.54, 1.807) is 11.7 Å². The highest BCUT2D eigenvalue weighted by Crippen LogP contribution is 2.34. The number of carbonyl (C=O) groups is 1. The van der Waals surface area contributed by atoms with Gasteiger partial charge in [-0.15, -0.1) is 0 Å². The van der Waals surface area contributed by atoms with Gasteiger partial charge < -0.3 is 10.2 Å². The number of para-hydroxylation sites is 1. The second-order valence-corrected chi connectivity index (χ2v) is 6.47. The monoisotopic (exact) mass is 357 g/mol. The molecule has 1 aromatic carbocycles. The zero-order valence-electron chi connectivity index (χ0n) is 15.0. The van der Waals surface area contributed by atoms with Crippen LogP contribution >= 0.6 is 0 Å². The highest BCUT2D eigenvalue weighted by Gasteiger charge is 2.33. The number of hydrogen-bond donors (Lipinski definition) is 1. The molecule has 3 rings (SSSR count). The van der Waals surface area contributed by atoms with Gasteiger partial charge in [0.2, 0.25) is 11.7 Å². The Morgan fingerprint density at radius 3 is 2.54 bits per heavy atom. The van der Waals surface area contributed by atoms with Crippen LogP contribution in [-0.4, -0.2) is 33.7 Å². The summed E-state index contributed by atoms with van der Waals surface area (Å²) in [7, 11) is 1.73. The van der Waals surface area contributed by atoms with E-state index in [-0.39, 0.29) is 22.4 Å². The van der Waals surface area contributed by atoms with Gasteiger partial charge in [0.1, 0.15) is 5.69 Å². The molecule has 1 aliphatic heterocycles. The zero-order chi connectivity index (χ0) is 18.7. The summed E-state index contributed by atoms with van der Waals surface area (Å²) < 4.78 is 1.58. The summed E-state index contributed by atoms with van der Waals surface area (Å²) in [6, 6.07) is 9.38. The molecule has 1 amide bonds. The number of hydrogen-bond acceptors (Lipinski definition) is 5. The van der Waals surface area contributed by atoms with Gasteiger partial charge >= 0.3 is 5.69 Å². The molecule has 8 nitrogen and oxygen atoms in total. The normalized spacial score (nSPS) is 15.1. The standard InChI is InChI=1S/C18H23N5O3/c1-3-15-16(23(25)26)18(21(2)20-15)22-11-9-13(10-12-22)17(24)19-14-7-5-4-6-8-14/h4-8,13H,3,9-12H2,1-2H3,(H,19,24). The van der Waals surface area contributed by atoms with Crippen LogP contribution in [0, 0.1) is 16.0 Å². The fourth-order valence-corrected chi connectivity index (χ4v) is 3.46. The zero-order valence-corrected chi connectivity index (χ0v) is 15.0. The Bertz CT molecular complexity index is 795. The molecule has 26 heavy (non-hydrogen) atoms. The number of piperidine rings is 1. The lowest BCUT2D eigenvalue weighted by Gasteiger charge is -2.32. The summed E-state index contributed by atoms with van der Waals surface area (Å²) in [5.74, 6) is 0.447. The maximum absolute atomic E-state index is 12.4. The number of amides is 1. The van der Waals surface area contributed by atoms with Gasteiger partial charge in [0, 0.05) is 31.7 Å². The molecule has 0 unspecified atom stereocenters. The predicted molar refractivity (Wildman–Crippen MR) is 99.2 cm³/mol. The van der Waals surface area contributed by atoms with Gasteiger partial charge in [-0.3, -0.25) is 14.9 Å². The lowest BCUT2D eigenvalue weighted by Crippen LogP contribution is -2.39. The number of nitrogens with one attached hydrogen (secondary N) is 1. The number of benzene rings is 1. The molecule has 2 aromatic rings. The van der Waals surface area contributed by atoms with E-state index in [4.69, 9.17) is 0 Å². The van der Waals surface area contributed by atoms with Crippen molar-refractivity contribution >= 4 is 23.1 Å². The van der Waals surface area contributed by atoms with E-state index >= 15 is 0 Å². The third-order valence-electron chi connectivity index (χ3n) is 4.79. The Kier molecular flexibility index (Phi) is 5.20. The van der Waals surface area contributed by atoms with Crippen LogP contribution in [0.5, 0.6) is 0 Å². The van der Waals surface area contributed by atoms with Gasteiger partial charge in [0.15, 0.2) is 0 Å². The molecular formula is C18H23N5O3. The Balaban J connectivity index is 1.68. The summed E-state index contributed by atoms with van der Waals surface area (Å²) in [6.45, 7) is 3.05. The molecule has 2 heterocycles. The smallest absolute Gasteiger partial charge is 0.334 e. The highest BCUT2D eigenvalue weighted by molar-refractivity contribution is 5.92. The number of rotatable bonds is 5. The fourth-order valence-electron chi connectivity index (χ4n) is 3.46. The van der Waals surface area contributed by atoms with Crippen LogP contribution in [0.3, 0.4) is 0 Å². The number of carbonyl (C=O) groups excluding carboxylic acids is 1. The SMILES string of the molecule is CCc1nn(C)c(N2CCC(C(=O)Nc3ccccc3)CC2)c1[N+](=O)[O-]. The van der Waals surface area contributed by atoms with Crippen molar-refractivity contribution < 1.29 is 9.72 Å². The van der Waals surface area contributed by atoms with Crippen molar-refractivity contribution in [2.45, 2.75) is 26.2 Å². The molecule has 1 fully saturated rings. The first kappa shape index (κ1) is 17.9. The quantitative estimate of drug-likeness (QED) is 0.656. The summed E-state index contributed by atoms with van der Waals surface area (Å²) >= 11 is 0. The van der Waals surface area contributed by atoms with Crippen molar-refractivity contribution in [3.63, 3.8) is 0 Å². The van der Waals surface area contributed by atoms with E-state index in [0.717, 1.165) is 5.69 Å².